The van der Waals surface area contributed by atoms with Gasteiger partial charge >= 0.3 is 5.69 Å². The number of benzene rings is 1. The zero-order valence-corrected chi connectivity index (χ0v) is 19.1. The molecule has 170 valence electrons. The Balaban J connectivity index is 0.00000231. The predicted molar refractivity (Wildman–Crippen MR) is 126 cm³/mol. The fraction of sp³-hybridized carbons (Fsp3) is 0.667. The number of piperidine rings is 1. The van der Waals surface area contributed by atoms with Crippen molar-refractivity contribution in [1.29, 1.82) is 0 Å². The highest BCUT2D eigenvalue weighted by Crippen LogP contribution is 2.33. The molecule has 1 aromatic heterocycles. The van der Waals surface area contributed by atoms with Crippen LogP contribution >= 0.6 is 12.4 Å². The molecule has 0 bridgehead atoms. The molecule has 2 heterocycles. The summed E-state index contributed by atoms with van der Waals surface area (Å²) >= 11 is 0. The number of hydrogen-bond donors (Lipinski definition) is 2. The largest absolute Gasteiger partial charge is 0.352 e. The maximum Gasteiger partial charge on any atom is 0.329 e. The van der Waals surface area contributed by atoms with Gasteiger partial charge in [0.25, 0.3) is 5.91 Å². The maximum absolute atomic E-state index is 13.4. The molecule has 2 aliphatic carbocycles. The molecule has 1 saturated heterocycles. The fourth-order valence-electron chi connectivity index (χ4n) is 5.27. The van der Waals surface area contributed by atoms with Crippen molar-refractivity contribution < 1.29 is 4.79 Å². The molecular formula is C24H35ClN4O2. The summed E-state index contributed by atoms with van der Waals surface area (Å²) in [7, 11) is 0. The molecular weight excluding hydrogens is 412 g/mol. The zero-order valence-electron chi connectivity index (χ0n) is 18.3. The molecule has 6 nitrogen and oxygen atoms in total. The van der Waals surface area contributed by atoms with Crippen molar-refractivity contribution in [2.45, 2.75) is 70.4 Å². The van der Waals surface area contributed by atoms with Gasteiger partial charge in [0, 0.05) is 24.7 Å². The van der Waals surface area contributed by atoms with Crippen LogP contribution < -0.4 is 16.3 Å². The maximum atomic E-state index is 13.4. The number of carbonyl (C=O) groups excluding carboxylic acids is 1. The Hall–Kier alpha value is -1.79. The number of aromatic nitrogens is 2. The van der Waals surface area contributed by atoms with Gasteiger partial charge in [0.05, 0.1) is 11.0 Å². The number of carbonyl (C=O) groups is 1. The minimum absolute atomic E-state index is 0. The lowest BCUT2D eigenvalue weighted by Gasteiger charge is -2.23. The molecule has 5 rings (SSSR count). The van der Waals surface area contributed by atoms with E-state index < -0.39 is 0 Å². The minimum atomic E-state index is -0.0220. The molecule has 2 saturated carbocycles. The van der Waals surface area contributed by atoms with Crippen LogP contribution in [0.3, 0.4) is 0 Å². The summed E-state index contributed by atoms with van der Waals surface area (Å²) in [5.41, 5.74) is 2.73. The summed E-state index contributed by atoms with van der Waals surface area (Å²) in [5.74, 6) is 1.15. The molecule has 2 N–H and O–H groups in total. The van der Waals surface area contributed by atoms with Crippen LogP contribution in [-0.2, 0) is 6.54 Å². The van der Waals surface area contributed by atoms with Gasteiger partial charge in [-0.3, -0.25) is 13.9 Å². The first-order valence-corrected chi connectivity index (χ1v) is 11.9. The smallest absolute Gasteiger partial charge is 0.329 e. The van der Waals surface area contributed by atoms with Gasteiger partial charge < -0.3 is 10.6 Å². The number of halogens is 1. The Kier molecular flexibility index (Phi) is 7.07. The van der Waals surface area contributed by atoms with Crippen LogP contribution in [-0.4, -0.2) is 34.7 Å². The lowest BCUT2D eigenvalue weighted by Crippen LogP contribution is -2.35. The van der Waals surface area contributed by atoms with Crippen molar-refractivity contribution in [1.82, 2.24) is 19.8 Å². The van der Waals surface area contributed by atoms with Crippen LogP contribution in [0.25, 0.3) is 11.0 Å². The average molecular weight is 447 g/mol. The average Bonchev–Trinajstić information content (AvgIpc) is 3.57. The van der Waals surface area contributed by atoms with E-state index in [1.165, 1.54) is 32.1 Å². The highest BCUT2D eigenvalue weighted by atomic mass is 35.5. The first-order chi connectivity index (χ1) is 14.7. The lowest BCUT2D eigenvalue weighted by molar-refractivity contribution is 0.0944. The Morgan fingerprint density at radius 1 is 0.968 bits per heavy atom. The van der Waals surface area contributed by atoms with Crippen LogP contribution in [0.5, 0.6) is 0 Å². The molecule has 1 amide bonds. The fourth-order valence-corrected chi connectivity index (χ4v) is 5.27. The second-order valence-corrected chi connectivity index (χ2v) is 9.61. The Morgan fingerprint density at radius 3 is 2.42 bits per heavy atom. The molecule has 3 aliphatic rings. The number of hydrogen-bond acceptors (Lipinski definition) is 3. The van der Waals surface area contributed by atoms with Crippen molar-refractivity contribution in [3.8, 4) is 0 Å². The summed E-state index contributed by atoms with van der Waals surface area (Å²) in [6, 6.07) is 6.17. The summed E-state index contributed by atoms with van der Waals surface area (Å²) in [6.07, 6.45) is 10.5. The van der Waals surface area contributed by atoms with Crippen LogP contribution in [0.4, 0.5) is 0 Å². The van der Waals surface area contributed by atoms with E-state index in [4.69, 9.17) is 0 Å². The van der Waals surface area contributed by atoms with E-state index >= 15 is 0 Å². The molecule has 7 heteroatoms. The minimum Gasteiger partial charge on any atom is -0.352 e. The van der Waals surface area contributed by atoms with Gasteiger partial charge in [-0.2, -0.15) is 0 Å². The zero-order chi connectivity index (χ0) is 20.5. The van der Waals surface area contributed by atoms with Gasteiger partial charge in [-0.1, -0.05) is 19.3 Å². The van der Waals surface area contributed by atoms with Crippen molar-refractivity contribution >= 4 is 29.3 Å². The second kappa shape index (κ2) is 9.78. The quantitative estimate of drug-likeness (QED) is 0.707. The third kappa shape index (κ3) is 4.85. The third-order valence-electron chi connectivity index (χ3n) is 7.31. The Labute approximate surface area is 190 Å². The highest BCUT2D eigenvalue weighted by molar-refractivity contribution is 5.97. The van der Waals surface area contributed by atoms with Gasteiger partial charge in [0.15, 0.2) is 0 Å². The van der Waals surface area contributed by atoms with Crippen molar-refractivity contribution in [3.05, 3.63) is 34.2 Å². The molecule has 0 atom stereocenters. The van der Waals surface area contributed by atoms with Gasteiger partial charge in [-0.15, -0.1) is 12.4 Å². The number of nitrogens with one attached hydrogen (secondary N) is 2. The Morgan fingerprint density at radius 2 is 1.71 bits per heavy atom. The van der Waals surface area contributed by atoms with E-state index in [1.807, 2.05) is 27.3 Å². The number of nitrogens with zero attached hydrogens (tertiary/aromatic N) is 2. The third-order valence-corrected chi connectivity index (χ3v) is 7.31. The molecule has 0 radical (unpaired) electrons. The standard InChI is InChI=1S/C24H34N4O2.ClH/c29-23(26-15-17-10-12-25-13-11-17)19-8-9-21-22(14-19)27(16-18-6-7-18)24(30)28(21)20-4-2-1-3-5-20;/h8-9,14,17-18,20,25H,1-7,10-13,15-16H2,(H,26,29);1H. The molecule has 0 unspecified atom stereocenters. The number of imidazole rings is 1. The topological polar surface area (TPSA) is 68.1 Å². The lowest BCUT2D eigenvalue weighted by atomic mass is 9.95. The summed E-state index contributed by atoms with van der Waals surface area (Å²) in [5, 5.41) is 6.50. The van der Waals surface area contributed by atoms with E-state index in [0.29, 0.717) is 23.4 Å². The first-order valence-electron chi connectivity index (χ1n) is 11.9. The Bertz CT molecular complexity index is 966. The molecule has 1 aliphatic heterocycles. The molecule has 3 fully saturated rings. The van der Waals surface area contributed by atoms with Gasteiger partial charge in [-0.25, -0.2) is 4.79 Å². The molecule has 2 aromatic rings. The summed E-state index contributed by atoms with van der Waals surface area (Å²) < 4.78 is 3.98. The molecule has 0 spiro atoms. The van der Waals surface area contributed by atoms with Crippen molar-refractivity contribution in [2.24, 2.45) is 11.8 Å². The highest BCUT2D eigenvalue weighted by Gasteiger charge is 2.27. The number of fused-ring (bicyclic) bond motifs is 1. The van der Waals surface area contributed by atoms with E-state index in [2.05, 4.69) is 10.6 Å². The van der Waals surface area contributed by atoms with Crippen molar-refractivity contribution in [3.63, 3.8) is 0 Å². The van der Waals surface area contributed by atoms with Gasteiger partial charge in [0.2, 0.25) is 0 Å². The first kappa shape index (κ1) is 22.4. The van der Waals surface area contributed by atoms with E-state index in [-0.39, 0.29) is 24.0 Å². The summed E-state index contributed by atoms with van der Waals surface area (Å²) in [6.45, 7) is 3.59. The van der Waals surface area contributed by atoms with Crippen LogP contribution in [0.2, 0.25) is 0 Å². The van der Waals surface area contributed by atoms with E-state index in [1.54, 1.807) is 0 Å². The molecule has 31 heavy (non-hydrogen) atoms. The van der Waals surface area contributed by atoms with Gasteiger partial charge in [0.1, 0.15) is 0 Å². The monoisotopic (exact) mass is 446 g/mol. The number of rotatable bonds is 6. The van der Waals surface area contributed by atoms with E-state index in [0.717, 1.165) is 62.9 Å². The predicted octanol–water partition coefficient (Wildman–Crippen LogP) is 3.87. The van der Waals surface area contributed by atoms with Crippen molar-refractivity contribution in [2.75, 3.05) is 19.6 Å². The SMILES string of the molecule is Cl.O=C(NCC1CCNCC1)c1ccc2c(c1)n(CC1CC1)c(=O)n2C1CCCCC1. The van der Waals surface area contributed by atoms with Crippen LogP contribution in [0.15, 0.2) is 23.0 Å². The van der Waals surface area contributed by atoms with Crippen LogP contribution in [0, 0.1) is 11.8 Å². The summed E-state index contributed by atoms with van der Waals surface area (Å²) in [4.78, 5) is 26.2. The van der Waals surface area contributed by atoms with Gasteiger partial charge in [-0.05, 0) is 81.6 Å². The second-order valence-electron chi connectivity index (χ2n) is 9.61. The van der Waals surface area contributed by atoms with Crippen LogP contribution in [0.1, 0.15) is 74.2 Å². The normalized spacial score (nSPS) is 20.5. The number of amides is 1. The molecule has 1 aromatic carbocycles. The van der Waals surface area contributed by atoms with E-state index in [9.17, 15) is 9.59 Å².